The van der Waals surface area contributed by atoms with Gasteiger partial charge < -0.3 is 9.15 Å². The van der Waals surface area contributed by atoms with Gasteiger partial charge in [-0.2, -0.15) is 0 Å². The Balaban J connectivity index is 2.53. The standard InChI is InChI=1S/C13H12O3/c1-9-11(10-6-7-16-8-10)4-3-5-12(9)13(14)15-2/h3-8H,1-2H3. The molecule has 2 rings (SSSR count). The number of hydrogen-bond donors (Lipinski definition) is 0. The van der Waals surface area contributed by atoms with Crippen molar-refractivity contribution in [2.45, 2.75) is 6.92 Å². The third kappa shape index (κ3) is 1.72. The van der Waals surface area contributed by atoms with Crippen LogP contribution in [0.5, 0.6) is 0 Å². The van der Waals surface area contributed by atoms with E-state index < -0.39 is 0 Å². The van der Waals surface area contributed by atoms with Crippen LogP contribution < -0.4 is 0 Å². The number of rotatable bonds is 2. The molecule has 16 heavy (non-hydrogen) atoms. The van der Waals surface area contributed by atoms with E-state index in [1.165, 1.54) is 7.11 Å². The Bertz CT molecular complexity index is 498. The lowest BCUT2D eigenvalue weighted by molar-refractivity contribution is 0.0600. The summed E-state index contributed by atoms with van der Waals surface area (Å²) in [5.41, 5.74) is 3.43. The van der Waals surface area contributed by atoms with E-state index >= 15 is 0 Å². The van der Waals surface area contributed by atoms with Gasteiger partial charge >= 0.3 is 5.97 Å². The second-order valence-corrected chi connectivity index (χ2v) is 3.48. The van der Waals surface area contributed by atoms with E-state index in [0.29, 0.717) is 5.56 Å². The van der Waals surface area contributed by atoms with Gasteiger partial charge in [-0.15, -0.1) is 0 Å². The third-order valence-corrected chi connectivity index (χ3v) is 2.57. The summed E-state index contributed by atoms with van der Waals surface area (Å²) in [6.45, 7) is 1.90. The van der Waals surface area contributed by atoms with Crippen molar-refractivity contribution < 1.29 is 13.9 Å². The Kier molecular flexibility index (Phi) is 2.77. The molecule has 0 bridgehead atoms. The number of methoxy groups -OCH3 is 1. The Morgan fingerprint density at radius 3 is 2.75 bits per heavy atom. The lowest BCUT2D eigenvalue weighted by atomic mass is 9.98. The van der Waals surface area contributed by atoms with Gasteiger partial charge in [0.05, 0.1) is 25.2 Å². The van der Waals surface area contributed by atoms with E-state index in [1.807, 2.05) is 25.1 Å². The highest BCUT2D eigenvalue weighted by atomic mass is 16.5. The zero-order chi connectivity index (χ0) is 11.5. The topological polar surface area (TPSA) is 39.4 Å². The Morgan fingerprint density at radius 2 is 2.12 bits per heavy atom. The van der Waals surface area contributed by atoms with Crippen LogP contribution in [-0.4, -0.2) is 13.1 Å². The maximum Gasteiger partial charge on any atom is 0.338 e. The summed E-state index contributed by atoms with van der Waals surface area (Å²) >= 11 is 0. The highest BCUT2D eigenvalue weighted by molar-refractivity contribution is 5.93. The maximum absolute atomic E-state index is 11.5. The minimum Gasteiger partial charge on any atom is -0.472 e. The van der Waals surface area contributed by atoms with Crippen molar-refractivity contribution in [2.24, 2.45) is 0 Å². The number of hydrogen-bond acceptors (Lipinski definition) is 3. The van der Waals surface area contributed by atoms with Gasteiger partial charge in [-0.25, -0.2) is 4.79 Å². The fourth-order valence-corrected chi connectivity index (χ4v) is 1.70. The van der Waals surface area contributed by atoms with Crippen molar-refractivity contribution in [1.82, 2.24) is 0 Å². The first-order chi connectivity index (χ1) is 7.74. The van der Waals surface area contributed by atoms with Crippen molar-refractivity contribution in [3.05, 3.63) is 47.9 Å². The molecule has 1 heterocycles. The van der Waals surface area contributed by atoms with Crippen LogP contribution in [0, 0.1) is 6.92 Å². The van der Waals surface area contributed by atoms with Crippen molar-refractivity contribution >= 4 is 5.97 Å². The van der Waals surface area contributed by atoms with Crippen LogP contribution in [0.4, 0.5) is 0 Å². The Morgan fingerprint density at radius 1 is 1.31 bits per heavy atom. The first-order valence-corrected chi connectivity index (χ1v) is 4.94. The monoisotopic (exact) mass is 216 g/mol. The summed E-state index contributed by atoms with van der Waals surface area (Å²) in [6, 6.07) is 7.41. The lowest BCUT2D eigenvalue weighted by Gasteiger charge is -2.07. The molecule has 0 saturated heterocycles. The summed E-state index contributed by atoms with van der Waals surface area (Å²) in [6.07, 6.45) is 3.27. The van der Waals surface area contributed by atoms with Crippen molar-refractivity contribution in [3.63, 3.8) is 0 Å². The van der Waals surface area contributed by atoms with Crippen LogP contribution in [0.2, 0.25) is 0 Å². The third-order valence-electron chi connectivity index (χ3n) is 2.57. The maximum atomic E-state index is 11.5. The highest BCUT2D eigenvalue weighted by Crippen LogP contribution is 2.26. The van der Waals surface area contributed by atoms with Crippen LogP contribution in [0.15, 0.2) is 41.2 Å². The zero-order valence-electron chi connectivity index (χ0n) is 9.19. The van der Waals surface area contributed by atoms with E-state index in [4.69, 9.17) is 9.15 Å². The van der Waals surface area contributed by atoms with Gasteiger partial charge in [0.15, 0.2) is 0 Å². The van der Waals surface area contributed by atoms with E-state index in [2.05, 4.69) is 0 Å². The normalized spacial score (nSPS) is 10.1. The molecule has 0 aliphatic carbocycles. The van der Waals surface area contributed by atoms with Gasteiger partial charge in [-0.1, -0.05) is 12.1 Å². The molecule has 0 atom stereocenters. The fourth-order valence-electron chi connectivity index (χ4n) is 1.70. The molecule has 0 radical (unpaired) electrons. The van der Waals surface area contributed by atoms with E-state index in [0.717, 1.165) is 16.7 Å². The van der Waals surface area contributed by atoms with E-state index in [9.17, 15) is 4.79 Å². The molecule has 0 N–H and O–H groups in total. The second kappa shape index (κ2) is 4.23. The number of esters is 1. The summed E-state index contributed by atoms with van der Waals surface area (Å²) in [4.78, 5) is 11.5. The van der Waals surface area contributed by atoms with Gasteiger partial charge in [0, 0.05) is 5.56 Å². The predicted molar refractivity (Wildman–Crippen MR) is 60.2 cm³/mol. The number of furan rings is 1. The summed E-state index contributed by atoms with van der Waals surface area (Å²) in [5, 5.41) is 0. The Labute approximate surface area is 93.7 Å². The first-order valence-electron chi connectivity index (χ1n) is 4.94. The van der Waals surface area contributed by atoms with E-state index in [1.54, 1.807) is 18.6 Å². The molecule has 0 saturated carbocycles. The summed E-state index contributed by atoms with van der Waals surface area (Å²) in [7, 11) is 1.38. The van der Waals surface area contributed by atoms with E-state index in [-0.39, 0.29) is 5.97 Å². The minimum atomic E-state index is -0.317. The number of ether oxygens (including phenoxy) is 1. The number of carbonyl (C=O) groups excluding carboxylic acids is 1. The molecule has 0 spiro atoms. The molecule has 1 aromatic carbocycles. The van der Waals surface area contributed by atoms with Crippen LogP contribution in [-0.2, 0) is 4.74 Å². The first kappa shape index (κ1) is 10.5. The summed E-state index contributed by atoms with van der Waals surface area (Å²) in [5.74, 6) is -0.317. The average Bonchev–Trinajstić information content (AvgIpc) is 2.82. The Hall–Kier alpha value is -2.03. The van der Waals surface area contributed by atoms with Crippen molar-refractivity contribution in [3.8, 4) is 11.1 Å². The van der Waals surface area contributed by atoms with Crippen molar-refractivity contribution in [1.29, 1.82) is 0 Å². The fraction of sp³-hybridized carbons (Fsp3) is 0.154. The molecule has 3 heteroatoms. The zero-order valence-corrected chi connectivity index (χ0v) is 9.19. The highest BCUT2D eigenvalue weighted by Gasteiger charge is 2.12. The molecule has 3 nitrogen and oxygen atoms in total. The molecule has 0 aliphatic heterocycles. The van der Waals surface area contributed by atoms with Gasteiger partial charge in [0.25, 0.3) is 0 Å². The molecule has 0 amide bonds. The smallest absolute Gasteiger partial charge is 0.338 e. The number of benzene rings is 1. The minimum absolute atomic E-state index is 0.317. The SMILES string of the molecule is COC(=O)c1cccc(-c2ccoc2)c1C. The molecule has 82 valence electrons. The molecular weight excluding hydrogens is 204 g/mol. The average molecular weight is 216 g/mol. The molecule has 0 aliphatic rings. The van der Waals surface area contributed by atoms with Gasteiger partial charge in [-0.05, 0) is 30.2 Å². The van der Waals surface area contributed by atoms with Crippen molar-refractivity contribution in [2.75, 3.05) is 7.11 Å². The molecule has 0 unspecified atom stereocenters. The number of carbonyl (C=O) groups is 1. The largest absolute Gasteiger partial charge is 0.472 e. The molecular formula is C13H12O3. The van der Waals surface area contributed by atoms with Crippen LogP contribution >= 0.6 is 0 Å². The van der Waals surface area contributed by atoms with Gasteiger partial charge in [0.2, 0.25) is 0 Å². The van der Waals surface area contributed by atoms with Gasteiger partial charge in [0.1, 0.15) is 0 Å². The van der Waals surface area contributed by atoms with Crippen LogP contribution in [0.25, 0.3) is 11.1 Å². The van der Waals surface area contributed by atoms with Crippen LogP contribution in [0.3, 0.4) is 0 Å². The van der Waals surface area contributed by atoms with Crippen LogP contribution in [0.1, 0.15) is 15.9 Å². The summed E-state index contributed by atoms with van der Waals surface area (Å²) < 4.78 is 9.76. The quantitative estimate of drug-likeness (QED) is 0.724. The molecule has 2 aromatic rings. The molecule has 1 aromatic heterocycles. The second-order valence-electron chi connectivity index (χ2n) is 3.48. The lowest BCUT2D eigenvalue weighted by Crippen LogP contribution is -2.04. The molecule has 0 fully saturated rings. The predicted octanol–water partition coefficient (Wildman–Crippen LogP) is 3.04. The van der Waals surface area contributed by atoms with Gasteiger partial charge in [-0.3, -0.25) is 0 Å².